The molecule has 3 rings (SSSR count). The average Bonchev–Trinajstić information content (AvgIpc) is 2.91. The molecule has 0 radical (unpaired) electrons. The Hall–Kier alpha value is -2.69. The van der Waals surface area contributed by atoms with E-state index in [4.69, 9.17) is 4.74 Å². The van der Waals surface area contributed by atoms with Crippen LogP contribution in [-0.2, 0) is 4.74 Å². The number of hydrogen-bond acceptors (Lipinski definition) is 4. The van der Waals surface area contributed by atoms with E-state index in [0.717, 1.165) is 10.9 Å². The summed E-state index contributed by atoms with van der Waals surface area (Å²) >= 11 is 0. The molecule has 0 spiro atoms. The van der Waals surface area contributed by atoms with Gasteiger partial charge >= 0.3 is 5.97 Å². The summed E-state index contributed by atoms with van der Waals surface area (Å²) in [4.78, 5) is 16.1. The lowest BCUT2D eigenvalue weighted by molar-refractivity contribution is 0.0519. The molecule has 5 nitrogen and oxygen atoms in total. The molecule has 2 aromatic heterocycles. The maximum atomic E-state index is 12.0. The lowest BCUT2D eigenvalue weighted by Gasteiger charge is -2.08. The van der Waals surface area contributed by atoms with Crippen LogP contribution in [0.5, 0.6) is 0 Å². The minimum Gasteiger partial charge on any atom is -0.461 e. The number of pyridine rings is 1. The molecule has 0 bridgehead atoms. The SMILES string of the molecule is CCOC(=O)c1ncccc1-n1ncc2ccccc21. The molecule has 0 aliphatic rings. The summed E-state index contributed by atoms with van der Waals surface area (Å²) in [5, 5.41) is 5.34. The van der Waals surface area contributed by atoms with Crippen molar-refractivity contribution in [3.63, 3.8) is 0 Å². The average molecular weight is 267 g/mol. The topological polar surface area (TPSA) is 57.0 Å². The van der Waals surface area contributed by atoms with Crippen molar-refractivity contribution in [2.24, 2.45) is 0 Å². The maximum absolute atomic E-state index is 12.0. The number of aromatic nitrogens is 3. The fraction of sp³-hybridized carbons (Fsp3) is 0.133. The molecule has 5 heteroatoms. The third-order valence-electron chi connectivity index (χ3n) is 2.96. The molecule has 0 fully saturated rings. The van der Waals surface area contributed by atoms with Gasteiger partial charge in [-0.15, -0.1) is 0 Å². The number of fused-ring (bicyclic) bond motifs is 1. The zero-order valence-electron chi connectivity index (χ0n) is 11.0. The van der Waals surface area contributed by atoms with Crippen LogP contribution in [0.25, 0.3) is 16.6 Å². The van der Waals surface area contributed by atoms with E-state index < -0.39 is 5.97 Å². The van der Waals surface area contributed by atoms with Crippen molar-refractivity contribution in [1.82, 2.24) is 14.8 Å². The van der Waals surface area contributed by atoms with Crippen molar-refractivity contribution in [1.29, 1.82) is 0 Å². The largest absolute Gasteiger partial charge is 0.461 e. The second-order valence-electron chi connectivity index (χ2n) is 4.21. The molecule has 0 aliphatic carbocycles. The normalized spacial score (nSPS) is 10.7. The quantitative estimate of drug-likeness (QED) is 0.684. The maximum Gasteiger partial charge on any atom is 0.359 e. The van der Waals surface area contributed by atoms with Gasteiger partial charge in [0.1, 0.15) is 0 Å². The Bertz CT molecular complexity index is 764. The van der Waals surface area contributed by atoms with Gasteiger partial charge in [-0.3, -0.25) is 0 Å². The van der Waals surface area contributed by atoms with E-state index in [9.17, 15) is 4.79 Å². The highest BCUT2D eigenvalue weighted by Crippen LogP contribution is 2.20. The van der Waals surface area contributed by atoms with Crippen LogP contribution in [0.3, 0.4) is 0 Å². The number of nitrogens with zero attached hydrogens (tertiary/aromatic N) is 3. The van der Waals surface area contributed by atoms with Crippen LogP contribution >= 0.6 is 0 Å². The first-order valence-corrected chi connectivity index (χ1v) is 6.36. The first-order chi connectivity index (χ1) is 9.81. The summed E-state index contributed by atoms with van der Waals surface area (Å²) in [6.45, 7) is 2.08. The minimum absolute atomic E-state index is 0.267. The van der Waals surface area contributed by atoms with E-state index in [0.29, 0.717) is 12.3 Å². The Morgan fingerprint density at radius 1 is 1.25 bits per heavy atom. The monoisotopic (exact) mass is 267 g/mol. The highest BCUT2D eigenvalue weighted by Gasteiger charge is 2.17. The zero-order valence-corrected chi connectivity index (χ0v) is 11.0. The van der Waals surface area contributed by atoms with Gasteiger partial charge in [-0.05, 0) is 25.1 Å². The fourth-order valence-corrected chi connectivity index (χ4v) is 2.09. The van der Waals surface area contributed by atoms with Crippen LogP contribution in [0, 0.1) is 0 Å². The minimum atomic E-state index is -0.442. The van der Waals surface area contributed by atoms with Gasteiger partial charge in [-0.25, -0.2) is 14.5 Å². The second kappa shape index (κ2) is 5.13. The Balaban J connectivity index is 2.17. The smallest absolute Gasteiger partial charge is 0.359 e. The summed E-state index contributed by atoms with van der Waals surface area (Å²) in [6, 6.07) is 11.4. The number of para-hydroxylation sites is 1. The number of benzene rings is 1. The molecule has 0 unspecified atom stereocenters. The molecule has 0 atom stereocenters. The van der Waals surface area contributed by atoms with Crippen molar-refractivity contribution in [2.45, 2.75) is 6.92 Å². The van der Waals surface area contributed by atoms with Gasteiger partial charge in [0.15, 0.2) is 5.69 Å². The van der Waals surface area contributed by atoms with Gasteiger partial charge in [-0.1, -0.05) is 18.2 Å². The summed E-state index contributed by atoms with van der Waals surface area (Å²) < 4.78 is 6.74. The molecule has 2 heterocycles. The third-order valence-corrected chi connectivity index (χ3v) is 2.96. The molecule has 20 heavy (non-hydrogen) atoms. The lowest BCUT2D eigenvalue weighted by atomic mass is 10.2. The molecule has 0 saturated carbocycles. The zero-order chi connectivity index (χ0) is 13.9. The number of carbonyl (C=O) groups excluding carboxylic acids is 1. The van der Waals surface area contributed by atoms with Crippen LogP contribution in [-0.4, -0.2) is 27.3 Å². The molecule has 3 aromatic rings. The molecule has 0 N–H and O–H groups in total. The molecule has 1 aromatic carbocycles. The first-order valence-electron chi connectivity index (χ1n) is 6.36. The Morgan fingerprint density at radius 3 is 2.95 bits per heavy atom. The Kier molecular flexibility index (Phi) is 3.16. The van der Waals surface area contributed by atoms with E-state index in [-0.39, 0.29) is 5.69 Å². The van der Waals surface area contributed by atoms with Gasteiger partial charge in [0.05, 0.1) is 24.0 Å². The van der Waals surface area contributed by atoms with Gasteiger partial charge in [0.2, 0.25) is 0 Å². The summed E-state index contributed by atoms with van der Waals surface area (Å²) in [5.41, 5.74) is 1.81. The summed E-state index contributed by atoms with van der Waals surface area (Å²) in [6.07, 6.45) is 3.33. The van der Waals surface area contributed by atoms with E-state index in [1.165, 1.54) is 0 Å². The molecule has 0 saturated heterocycles. The van der Waals surface area contributed by atoms with E-state index >= 15 is 0 Å². The van der Waals surface area contributed by atoms with Crippen molar-refractivity contribution in [3.05, 3.63) is 54.5 Å². The molecular weight excluding hydrogens is 254 g/mol. The van der Waals surface area contributed by atoms with Crippen molar-refractivity contribution in [3.8, 4) is 5.69 Å². The Labute approximate surface area is 115 Å². The molecule has 0 aliphatic heterocycles. The number of hydrogen-bond donors (Lipinski definition) is 0. The van der Waals surface area contributed by atoms with Crippen LogP contribution in [0.15, 0.2) is 48.8 Å². The Morgan fingerprint density at radius 2 is 2.10 bits per heavy atom. The fourth-order valence-electron chi connectivity index (χ4n) is 2.09. The third kappa shape index (κ3) is 2.03. The molecule has 0 amide bonds. The van der Waals surface area contributed by atoms with Crippen molar-refractivity contribution in [2.75, 3.05) is 6.61 Å². The van der Waals surface area contributed by atoms with Crippen LogP contribution < -0.4 is 0 Å². The standard InChI is InChI=1S/C15H13N3O2/c1-2-20-15(19)14-13(8-5-9-16-14)18-12-7-4-3-6-11(12)10-17-18/h3-10H,2H2,1H3. The predicted octanol–water partition coefficient (Wildman–Crippen LogP) is 2.60. The molecular formula is C15H13N3O2. The van der Waals surface area contributed by atoms with Gasteiger partial charge in [0, 0.05) is 11.6 Å². The van der Waals surface area contributed by atoms with Gasteiger partial charge in [0.25, 0.3) is 0 Å². The highest BCUT2D eigenvalue weighted by molar-refractivity contribution is 5.92. The lowest BCUT2D eigenvalue weighted by Crippen LogP contribution is -2.12. The number of carbonyl (C=O) groups is 1. The van der Waals surface area contributed by atoms with E-state index in [2.05, 4.69) is 10.1 Å². The van der Waals surface area contributed by atoms with Crippen LogP contribution in [0.1, 0.15) is 17.4 Å². The predicted molar refractivity (Wildman–Crippen MR) is 74.8 cm³/mol. The first kappa shape index (κ1) is 12.3. The number of esters is 1. The van der Waals surface area contributed by atoms with E-state index in [1.807, 2.05) is 24.3 Å². The second-order valence-corrected chi connectivity index (χ2v) is 4.21. The summed E-state index contributed by atoms with van der Waals surface area (Å²) in [5.74, 6) is -0.442. The van der Waals surface area contributed by atoms with Gasteiger partial charge < -0.3 is 4.74 Å². The molecule has 100 valence electrons. The van der Waals surface area contributed by atoms with Gasteiger partial charge in [-0.2, -0.15) is 5.10 Å². The van der Waals surface area contributed by atoms with Crippen molar-refractivity contribution >= 4 is 16.9 Å². The van der Waals surface area contributed by atoms with E-state index in [1.54, 1.807) is 36.1 Å². The number of rotatable bonds is 3. The summed E-state index contributed by atoms with van der Waals surface area (Å²) in [7, 11) is 0. The number of ether oxygens (including phenoxy) is 1. The van der Waals surface area contributed by atoms with Crippen molar-refractivity contribution < 1.29 is 9.53 Å². The highest BCUT2D eigenvalue weighted by atomic mass is 16.5. The van der Waals surface area contributed by atoms with Crippen LogP contribution in [0.2, 0.25) is 0 Å². The van der Waals surface area contributed by atoms with Crippen LogP contribution in [0.4, 0.5) is 0 Å².